The van der Waals surface area contributed by atoms with Crippen LogP contribution in [0.4, 0.5) is 4.79 Å². The molecule has 0 aromatic carbocycles. The lowest BCUT2D eigenvalue weighted by Gasteiger charge is -2.31. The second kappa shape index (κ2) is 8.32. The summed E-state index contributed by atoms with van der Waals surface area (Å²) in [5.41, 5.74) is 10.5. The Bertz CT molecular complexity index is 336. The normalized spacial score (nSPS) is 18.4. The summed E-state index contributed by atoms with van der Waals surface area (Å²) in [4.78, 5) is 23.2. The van der Waals surface area contributed by atoms with Crippen LogP contribution in [0.25, 0.3) is 0 Å². The van der Waals surface area contributed by atoms with E-state index in [4.69, 9.17) is 11.5 Å². The van der Waals surface area contributed by atoms with Gasteiger partial charge in [0.05, 0.1) is 5.54 Å². The second-order valence-electron chi connectivity index (χ2n) is 5.59. The predicted octanol–water partition coefficient (Wildman–Crippen LogP) is 0.879. The molecule has 3 amide bonds. The van der Waals surface area contributed by atoms with Crippen molar-refractivity contribution in [3.05, 3.63) is 0 Å². The number of carbonyl (C=O) groups is 2. The Morgan fingerprint density at radius 2 is 2.00 bits per heavy atom. The highest BCUT2D eigenvalue weighted by molar-refractivity contribution is 5.87. The third-order valence-corrected chi connectivity index (χ3v) is 3.79. The fraction of sp³-hybridized carbons (Fsp3) is 0.846. The summed E-state index contributed by atoms with van der Waals surface area (Å²) in [6.07, 6.45) is 4.60. The number of unbranched alkanes of at least 4 members (excludes halogenated alkanes) is 1. The number of nitrogens with one attached hydrogen (secondary N) is 2. The number of amides is 3. The minimum Gasteiger partial charge on any atom is -0.352 e. The van der Waals surface area contributed by atoms with E-state index in [1.807, 2.05) is 13.8 Å². The summed E-state index contributed by atoms with van der Waals surface area (Å²) >= 11 is 0. The van der Waals surface area contributed by atoms with E-state index in [1.54, 1.807) is 0 Å². The smallest absolute Gasteiger partial charge is 0.312 e. The standard InChI is InChI=1S/C13H26N4O2.ClH/c1-3-4-5-10(16-12(15)19)11(18)17-13(2,8-14)9-6-7-9;/h9-10H,3-8,14H2,1-2H3,(H,17,18)(H3,15,16,19);1H. The number of primary amides is 1. The summed E-state index contributed by atoms with van der Waals surface area (Å²) in [5.74, 6) is 0.258. The fourth-order valence-electron chi connectivity index (χ4n) is 2.26. The quantitative estimate of drug-likeness (QED) is 0.534. The van der Waals surface area contributed by atoms with Crippen LogP contribution in [0, 0.1) is 5.92 Å². The molecule has 1 aliphatic carbocycles. The van der Waals surface area contributed by atoms with Gasteiger partial charge >= 0.3 is 6.03 Å². The molecule has 2 unspecified atom stereocenters. The van der Waals surface area contributed by atoms with E-state index in [-0.39, 0.29) is 23.9 Å². The second-order valence-corrected chi connectivity index (χ2v) is 5.59. The molecule has 6 N–H and O–H groups in total. The van der Waals surface area contributed by atoms with Crippen LogP contribution < -0.4 is 22.1 Å². The minimum absolute atomic E-state index is 0. The Balaban J connectivity index is 0.00000361. The molecular weight excluding hydrogens is 280 g/mol. The number of rotatable bonds is 8. The molecule has 7 heteroatoms. The van der Waals surface area contributed by atoms with Crippen molar-refractivity contribution in [2.75, 3.05) is 6.54 Å². The molecular formula is C13H27ClN4O2. The highest BCUT2D eigenvalue weighted by Gasteiger charge is 2.42. The lowest BCUT2D eigenvalue weighted by Crippen LogP contribution is -2.58. The molecule has 2 atom stereocenters. The zero-order valence-corrected chi connectivity index (χ0v) is 13.1. The molecule has 0 saturated heterocycles. The maximum atomic E-state index is 12.3. The van der Waals surface area contributed by atoms with Crippen molar-refractivity contribution in [3.8, 4) is 0 Å². The van der Waals surface area contributed by atoms with Crippen molar-refractivity contribution in [2.24, 2.45) is 17.4 Å². The van der Waals surface area contributed by atoms with Gasteiger partial charge in [-0.15, -0.1) is 12.4 Å². The van der Waals surface area contributed by atoms with Gasteiger partial charge in [-0.1, -0.05) is 19.8 Å². The average molecular weight is 307 g/mol. The SMILES string of the molecule is CCCCC(NC(N)=O)C(=O)NC(C)(CN)C1CC1.Cl. The number of halogens is 1. The number of hydrogen-bond acceptors (Lipinski definition) is 3. The summed E-state index contributed by atoms with van der Waals surface area (Å²) in [5, 5.41) is 5.49. The number of nitrogens with two attached hydrogens (primary N) is 2. The molecule has 1 fully saturated rings. The Labute approximate surface area is 126 Å². The van der Waals surface area contributed by atoms with Crippen molar-refractivity contribution in [2.45, 2.75) is 57.5 Å². The van der Waals surface area contributed by atoms with Gasteiger partial charge in [0.25, 0.3) is 0 Å². The molecule has 1 saturated carbocycles. The van der Waals surface area contributed by atoms with E-state index in [0.717, 1.165) is 25.7 Å². The first-order valence-corrected chi connectivity index (χ1v) is 7.01. The third kappa shape index (κ3) is 5.54. The van der Waals surface area contributed by atoms with Crippen LogP contribution >= 0.6 is 12.4 Å². The molecule has 20 heavy (non-hydrogen) atoms. The van der Waals surface area contributed by atoms with Crippen LogP contribution in [0.5, 0.6) is 0 Å². The number of hydrogen-bond donors (Lipinski definition) is 4. The van der Waals surface area contributed by atoms with Gasteiger partial charge in [-0.05, 0) is 32.1 Å². The molecule has 0 heterocycles. The summed E-state index contributed by atoms with van der Waals surface area (Å²) in [6, 6.07) is -1.24. The zero-order valence-electron chi connectivity index (χ0n) is 12.3. The monoisotopic (exact) mass is 306 g/mol. The van der Waals surface area contributed by atoms with E-state index in [0.29, 0.717) is 18.9 Å². The molecule has 0 radical (unpaired) electrons. The topological polar surface area (TPSA) is 110 Å². The molecule has 118 valence electrons. The van der Waals surface area contributed by atoms with Gasteiger partial charge in [-0.2, -0.15) is 0 Å². The van der Waals surface area contributed by atoms with Crippen LogP contribution in [0.1, 0.15) is 46.0 Å². The number of urea groups is 1. The first-order chi connectivity index (χ1) is 8.92. The molecule has 0 bridgehead atoms. The van der Waals surface area contributed by atoms with E-state index >= 15 is 0 Å². The van der Waals surface area contributed by atoms with E-state index in [1.165, 1.54) is 0 Å². The van der Waals surface area contributed by atoms with Gasteiger partial charge in [-0.25, -0.2) is 4.79 Å². The van der Waals surface area contributed by atoms with Gasteiger partial charge < -0.3 is 22.1 Å². The van der Waals surface area contributed by atoms with Gasteiger partial charge in [-0.3, -0.25) is 4.79 Å². The van der Waals surface area contributed by atoms with E-state index in [2.05, 4.69) is 10.6 Å². The van der Waals surface area contributed by atoms with Crippen molar-refractivity contribution >= 4 is 24.3 Å². The van der Waals surface area contributed by atoms with E-state index in [9.17, 15) is 9.59 Å². The lowest BCUT2D eigenvalue weighted by molar-refractivity contribution is -0.125. The van der Waals surface area contributed by atoms with Crippen LogP contribution in [0.15, 0.2) is 0 Å². The fourth-order valence-corrected chi connectivity index (χ4v) is 2.26. The molecule has 1 aliphatic rings. The highest BCUT2D eigenvalue weighted by atomic mass is 35.5. The molecule has 0 aromatic rings. The van der Waals surface area contributed by atoms with Crippen LogP contribution in [0.3, 0.4) is 0 Å². The number of carbonyl (C=O) groups excluding carboxylic acids is 2. The largest absolute Gasteiger partial charge is 0.352 e. The first-order valence-electron chi connectivity index (χ1n) is 7.01. The van der Waals surface area contributed by atoms with Gasteiger partial charge in [0, 0.05) is 6.54 Å². The van der Waals surface area contributed by atoms with Crippen LogP contribution in [-0.4, -0.2) is 30.1 Å². The average Bonchev–Trinajstić information content (AvgIpc) is 3.18. The van der Waals surface area contributed by atoms with Crippen molar-refractivity contribution in [3.63, 3.8) is 0 Å². The minimum atomic E-state index is -0.669. The van der Waals surface area contributed by atoms with Gasteiger partial charge in [0.15, 0.2) is 0 Å². The zero-order chi connectivity index (χ0) is 14.5. The molecule has 0 spiro atoms. The van der Waals surface area contributed by atoms with Crippen LogP contribution in [-0.2, 0) is 4.79 Å². The lowest BCUT2D eigenvalue weighted by atomic mass is 9.95. The van der Waals surface area contributed by atoms with Crippen molar-refractivity contribution in [1.82, 2.24) is 10.6 Å². The summed E-state index contributed by atoms with van der Waals surface area (Å²) < 4.78 is 0. The van der Waals surface area contributed by atoms with Crippen molar-refractivity contribution in [1.29, 1.82) is 0 Å². The predicted molar refractivity (Wildman–Crippen MR) is 81.6 cm³/mol. The molecule has 0 aromatic heterocycles. The first kappa shape index (κ1) is 19.0. The Morgan fingerprint density at radius 3 is 2.40 bits per heavy atom. The van der Waals surface area contributed by atoms with E-state index < -0.39 is 12.1 Å². The van der Waals surface area contributed by atoms with Gasteiger partial charge in [0.2, 0.25) is 5.91 Å². The Morgan fingerprint density at radius 1 is 1.40 bits per heavy atom. The summed E-state index contributed by atoms with van der Waals surface area (Å²) in [6.45, 7) is 4.40. The van der Waals surface area contributed by atoms with Crippen molar-refractivity contribution < 1.29 is 9.59 Å². The molecule has 0 aliphatic heterocycles. The molecule has 1 rings (SSSR count). The molecule has 6 nitrogen and oxygen atoms in total. The Hall–Kier alpha value is -1.01. The maximum absolute atomic E-state index is 12.3. The third-order valence-electron chi connectivity index (χ3n) is 3.79. The maximum Gasteiger partial charge on any atom is 0.312 e. The van der Waals surface area contributed by atoms with Crippen LogP contribution in [0.2, 0.25) is 0 Å². The highest BCUT2D eigenvalue weighted by Crippen LogP contribution is 2.39. The van der Waals surface area contributed by atoms with Gasteiger partial charge in [0.1, 0.15) is 6.04 Å². The Kier molecular flexibility index (Phi) is 7.90. The summed E-state index contributed by atoms with van der Waals surface area (Å²) in [7, 11) is 0.